The zero-order chi connectivity index (χ0) is 20.9. The Morgan fingerprint density at radius 1 is 0.967 bits per heavy atom. The molecule has 0 unspecified atom stereocenters. The zero-order valence-corrected chi connectivity index (χ0v) is 16.3. The van der Waals surface area contributed by atoms with Gasteiger partial charge in [0.2, 0.25) is 0 Å². The smallest absolute Gasteiger partial charge is 0.254 e. The second-order valence-corrected chi connectivity index (χ2v) is 6.75. The van der Waals surface area contributed by atoms with Gasteiger partial charge >= 0.3 is 0 Å². The van der Waals surface area contributed by atoms with Gasteiger partial charge in [-0.15, -0.1) is 0 Å². The van der Waals surface area contributed by atoms with E-state index in [9.17, 15) is 9.18 Å². The molecule has 0 radical (unpaired) electrons. The lowest BCUT2D eigenvalue weighted by molar-refractivity contribution is 0.0947. The predicted molar refractivity (Wildman–Crippen MR) is 113 cm³/mol. The number of hydrogen-bond acceptors (Lipinski definition) is 4. The number of amides is 1. The first-order valence-electron chi connectivity index (χ1n) is 9.49. The highest BCUT2D eigenvalue weighted by atomic mass is 19.1. The largest absolute Gasteiger partial charge is 0.348 e. The summed E-state index contributed by atoms with van der Waals surface area (Å²) in [6, 6.07) is 19.3. The standard InChI is InChI=1S/C24H19FN4O/c1-16-27-15-20(22-8-4-5-13-26-22)23(29-16)18-11-9-17(10-12-18)14-28-24(30)19-6-2-3-7-21(19)25/h2-13,15H,14H2,1H3,(H,28,30). The van der Waals surface area contributed by atoms with E-state index in [1.807, 2.05) is 49.4 Å². The van der Waals surface area contributed by atoms with Crippen LogP contribution in [0.3, 0.4) is 0 Å². The summed E-state index contributed by atoms with van der Waals surface area (Å²) in [6.45, 7) is 2.14. The summed E-state index contributed by atoms with van der Waals surface area (Å²) in [5.74, 6) is -0.307. The minimum absolute atomic E-state index is 0.0329. The van der Waals surface area contributed by atoms with Gasteiger partial charge in [-0.3, -0.25) is 9.78 Å². The first-order valence-corrected chi connectivity index (χ1v) is 9.49. The Balaban J connectivity index is 1.54. The monoisotopic (exact) mass is 398 g/mol. The van der Waals surface area contributed by atoms with Crippen LogP contribution in [0.15, 0.2) is 79.1 Å². The summed E-state index contributed by atoms with van der Waals surface area (Å²) >= 11 is 0. The van der Waals surface area contributed by atoms with Crippen molar-refractivity contribution in [1.82, 2.24) is 20.3 Å². The lowest BCUT2D eigenvalue weighted by atomic mass is 10.0. The molecular formula is C24H19FN4O. The average Bonchev–Trinajstić information content (AvgIpc) is 2.79. The van der Waals surface area contributed by atoms with Crippen molar-refractivity contribution in [2.75, 3.05) is 0 Å². The number of rotatable bonds is 5. The van der Waals surface area contributed by atoms with Crippen molar-refractivity contribution in [3.63, 3.8) is 0 Å². The van der Waals surface area contributed by atoms with Gasteiger partial charge in [0.05, 0.1) is 17.0 Å². The molecule has 0 atom stereocenters. The fourth-order valence-corrected chi connectivity index (χ4v) is 3.10. The maximum atomic E-state index is 13.7. The van der Waals surface area contributed by atoms with Crippen molar-refractivity contribution in [1.29, 1.82) is 0 Å². The molecule has 1 N–H and O–H groups in total. The molecule has 0 aliphatic heterocycles. The number of hydrogen-bond donors (Lipinski definition) is 1. The van der Waals surface area contributed by atoms with Crippen LogP contribution in [-0.2, 0) is 6.54 Å². The lowest BCUT2D eigenvalue weighted by Crippen LogP contribution is -2.23. The first kappa shape index (κ1) is 19.4. The molecule has 0 saturated heterocycles. The summed E-state index contributed by atoms with van der Waals surface area (Å²) in [5.41, 5.74) is 4.29. The van der Waals surface area contributed by atoms with E-state index >= 15 is 0 Å². The molecule has 6 heteroatoms. The van der Waals surface area contributed by atoms with Gasteiger partial charge in [0.1, 0.15) is 11.6 Å². The number of benzene rings is 2. The highest BCUT2D eigenvalue weighted by Crippen LogP contribution is 2.28. The molecule has 4 rings (SSSR count). The van der Waals surface area contributed by atoms with E-state index in [4.69, 9.17) is 0 Å². The van der Waals surface area contributed by atoms with Crippen LogP contribution in [0.4, 0.5) is 4.39 Å². The van der Waals surface area contributed by atoms with Crippen LogP contribution in [0.5, 0.6) is 0 Å². The number of carbonyl (C=O) groups is 1. The summed E-state index contributed by atoms with van der Waals surface area (Å²) in [6.07, 6.45) is 3.52. The number of aromatic nitrogens is 3. The van der Waals surface area contributed by atoms with Gasteiger partial charge < -0.3 is 5.32 Å². The Morgan fingerprint density at radius 2 is 1.73 bits per heavy atom. The van der Waals surface area contributed by atoms with Crippen LogP contribution < -0.4 is 5.32 Å². The Morgan fingerprint density at radius 3 is 2.47 bits per heavy atom. The number of halogens is 1. The highest BCUT2D eigenvalue weighted by molar-refractivity contribution is 5.94. The Bertz CT molecular complexity index is 1180. The maximum absolute atomic E-state index is 13.7. The van der Waals surface area contributed by atoms with E-state index < -0.39 is 11.7 Å². The highest BCUT2D eigenvalue weighted by Gasteiger charge is 2.13. The van der Waals surface area contributed by atoms with Crippen LogP contribution in [0.1, 0.15) is 21.7 Å². The van der Waals surface area contributed by atoms with Crippen LogP contribution in [0, 0.1) is 12.7 Å². The molecule has 2 aromatic carbocycles. The second kappa shape index (κ2) is 8.61. The molecule has 1 amide bonds. The van der Waals surface area contributed by atoms with Gasteiger partial charge in [-0.25, -0.2) is 14.4 Å². The molecule has 5 nitrogen and oxygen atoms in total. The first-order chi connectivity index (χ1) is 14.6. The molecule has 0 aliphatic carbocycles. The molecule has 148 valence electrons. The van der Waals surface area contributed by atoms with E-state index in [1.165, 1.54) is 12.1 Å². The number of carbonyl (C=O) groups excluding carboxylic acids is 1. The quantitative estimate of drug-likeness (QED) is 0.534. The van der Waals surface area contributed by atoms with Gasteiger partial charge in [-0.05, 0) is 36.8 Å². The van der Waals surface area contributed by atoms with Crippen molar-refractivity contribution in [2.24, 2.45) is 0 Å². The number of nitrogens with zero attached hydrogens (tertiary/aromatic N) is 3. The summed E-state index contributed by atoms with van der Waals surface area (Å²) in [4.78, 5) is 25.5. The topological polar surface area (TPSA) is 67.8 Å². The van der Waals surface area contributed by atoms with E-state index in [1.54, 1.807) is 24.5 Å². The van der Waals surface area contributed by atoms with Crippen molar-refractivity contribution in [3.05, 3.63) is 102 Å². The summed E-state index contributed by atoms with van der Waals surface area (Å²) in [5, 5.41) is 2.75. The van der Waals surface area contributed by atoms with Crippen molar-refractivity contribution < 1.29 is 9.18 Å². The SMILES string of the molecule is Cc1ncc(-c2ccccn2)c(-c2ccc(CNC(=O)c3ccccc3F)cc2)n1. The van der Waals surface area contributed by atoms with E-state index in [2.05, 4.69) is 20.3 Å². The minimum atomic E-state index is -0.536. The van der Waals surface area contributed by atoms with E-state index in [0.29, 0.717) is 12.4 Å². The summed E-state index contributed by atoms with van der Waals surface area (Å²) < 4.78 is 13.7. The van der Waals surface area contributed by atoms with E-state index in [-0.39, 0.29) is 5.56 Å². The van der Waals surface area contributed by atoms with Crippen molar-refractivity contribution in [3.8, 4) is 22.5 Å². The van der Waals surface area contributed by atoms with Gasteiger partial charge in [-0.2, -0.15) is 0 Å². The fourth-order valence-electron chi connectivity index (χ4n) is 3.10. The second-order valence-electron chi connectivity index (χ2n) is 6.75. The molecule has 30 heavy (non-hydrogen) atoms. The minimum Gasteiger partial charge on any atom is -0.348 e. The number of nitrogens with one attached hydrogen (secondary N) is 1. The third-order valence-corrected chi connectivity index (χ3v) is 4.65. The van der Waals surface area contributed by atoms with Gasteiger partial charge in [0, 0.05) is 30.1 Å². The Kier molecular flexibility index (Phi) is 5.57. The third kappa shape index (κ3) is 4.22. The fraction of sp³-hybridized carbons (Fsp3) is 0.0833. The predicted octanol–water partition coefficient (Wildman–Crippen LogP) is 4.58. The zero-order valence-electron chi connectivity index (χ0n) is 16.3. The van der Waals surface area contributed by atoms with Crippen molar-refractivity contribution >= 4 is 5.91 Å². The van der Waals surface area contributed by atoms with Gasteiger partial charge in [-0.1, -0.05) is 42.5 Å². The van der Waals surface area contributed by atoms with Crippen LogP contribution in [-0.4, -0.2) is 20.9 Å². The van der Waals surface area contributed by atoms with Crippen LogP contribution in [0.25, 0.3) is 22.5 Å². The molecule has 4 aromatic rings. The van der Waals surface area contributed by atoms with Crippen molar-refractivity contribution in [2.45, 2.75) is 13.5 Å². The third-order valence-electron chi connectivity index (χ3n) is 4.65. The Hall–Kier alpha value is -3.93. The molecule has 0 saturated carbocycles. The van der Waals surface area contributed by atoms with Crippen LogP contribution in [0.2, 0.25) is 0 Å². The van der Waals surface area contributed by atoms with Gasteiger partial charge in [0.25, 0.3) is 5.91 Å². The average molecular weight is 398 g/mol. The normalized spacial score (nSPS) is 10.6. The molecule has 0 aliphatic rings. The van der Waals surface area contributed by atoms with Crippen LogP contribution >= 0.6 is 0 Å². The number of pyridine rings is 1. The molecule has 0 bridgehead atoms. The molecule has 2 heterocycles. The molecule has 0 fully saturated rings. The number of aryl methyl sites for hydroxylation is 1. The summed E-state index contributed by atoms with van der Waals surface area (Å²) in [7, 11) is 0. The molecule has 2 aromatic heterocycles. The lowest BCUT2D eigenvalue weighted by Gasteiger charge is -2.10. The van der Waals surface area contributed by atoms with E-state index in [0.717, 1.165) is 28.1 Å². The molecule has 0 spiro atoms. The molecular weight excluding hydrogens is 379 g/mol. The van der Waals surface area contributed by atoms with Gasteiger partial charge in [0.15, 0.2) is 0 Å². The maximum Gasteiger partial charge on any atom is 0.254 e. The Labute approximate surface area is 173 Å².